The molecule has 1 atom stereocenters. The Hall–Kier alpha value is -2.19. The quantitative estimate of drug-likeness (QED) is 0.756. The number of halogens is 3. The molecule has 126 valence electrons. The molecule has 0 bridgehead atoms. The summed E-state index contributed by atoms with van der Waals surface area (Å²) in [5.74, 6) is -2.36. The third kappa shape index (κ3) is 2.25. The van der Waals surface area contributed by atoms with Crippen molar-refractivity contribution < 1.29 is 8.78 Å². The fraction of sp³-hybridized carbons (Fsp3) is 0.333. The maximum Gasteiger partial charge on any atom is 0.291 e. The second-order valence-electron chi connectivity index (χ2n) is 5.83. The van der Waals surface area contributed by atoms with Crippen LogP contribution in [0.15, 0.2) is 53.5 Å². The zero-order valence-corrected chi connectivity index (χ0v) is 13.3. The van der Waals surface area contributed by atoms with Crippen LogP contribution in [-0.4, -0.2) is 39.5 Å². The number of rotatable bonds is 2. The zero-order chi connectivity index (χ0) is 16.8. The molecule has 24 heavy (non-hydrogen) atoms. The Bertz CT molecular complexity index is 748. The predicted octanol–water partition coefficient (Wildman–Crippen LogP) is 1.94. The summed E-state index contributed by atoms with van der Waals surface area (Å²) < 4.78 is 29.4. The number of allylic oxidation sites excluding steroid dienone is 2. The average Bonchev–Trinajstić information content (AvgIpc) is 2.92. The van der Waals surface area contributed by atoms with Crippen molar-refractivity contribution in [1.82, 2.24) is 25.5 Å². The minimum atomic E-state index is -2.92. The molecule has 4 heterocycles. The van der Waals surface area contributed by atoms with Crippen molar-refractivity contribution in [2.24, 2.45) is 0 Å². The van der Waals surface area contributed by atoms with Crippen LogP contribution in [0, 0.1) is 0 Å². The smallest absolute Gasteiger partial charge is 0.291 e. The van der Waals surface area contributed by atoms with Crippen molar-refractivity contribution in [1.29, 1.82) is 0 Å². The Morgan fingerprint density at radius 1 is 1.38 bits per heavy atom. The molecule has 4 rings (SSSR count). The normalized spacial score (nSPS) is 27.8. The van der Waals surface area contributed by atoms with Crippen LogP contribution >= 0.6 is 11.6 Å². The first-order valence-electron chi connectivity index (χ1n) is 7.50. The van der Waals surface area contributed by atoms with Crippen LogP contribution in [0.5, 0.6) is 0 Å². The highest BCUT2D eigenvalue weighted by Gasteiger charge is 2.61. The first kappa shape index (κ1) is 15.3. The summed E-state index contributed by atoms with van der Waals surface area (Å²) in [6, 6.07) is 1.68. The average molecular weight is 353 g/mol. The second kappa shape index (κ2) is 5.42. The summed E-state index contributed by atoms with van der Waals surface area (Å²) in [5, 5.41) is 9.32. The van der Waals surface area contributed by atoms with Crippen LogP contribution in [-0.2, 0) is 0 Å². The highest BCUT2D eigenvalue weighted by Crippen LogP contribution is 2.45. The van der Waals surface area contributed by atoms with Gasteiger partial charge in [0.05, 0.1) is 16.4 Å². The number of aromatic nitrogens is 2. The molecule has 0 saturated carbocycles. The number of alkyl halides is 2. The molecule has 0 amide bonds. The molecule has 1 spiro atoms. The van der Waals surface area contributed by atoms with Gasteiger partial charge < -0.3 is 20.9 Å². The third-order valence-electron chi connectivity index (χ3n) is 4.37. The van der Waals surface area contributed by atoms with Gasteiger partial charge in [-0.25, -0.2) is 18.7 Å². The van der Waals surface area contributed by atoms with E-state index in [0.717, 1.165) is 0 Å². The van der Waals surface area contributed by atoms with Gasteiger partial charge in [0.15, 0.2) is 5.66 Å². The Morgan fingerprint density at radius 2 is 2.25 bits per heavy atom. The first-order valence-corrected chi connectivity index (χ1v) is 7.88. The molecule has 3 N–H and O–H groups in total. The molecule has 1 aromatic heterocycles. The molecule has 3 aliphatic heterocycles. The second-order valence-corrected chi connectivity index (χ2v) is 6.24. The summed E-state index contributed by atoms with van der Waals surface area (Å²) in [5.41, 5.74) is -0.471. The van der Waals surface area contributed by atoms with E-state index in [4.69, 9.17) is 11.6 Å². The van der Waals surface area contributed by atoms with Crippen molar-refractivity contribution >= 4 is 17.4 Å². The Morgan fingerprint density at radius 3 is 3.00 bits per heavy atom. The fourth-order valence-corrected chi connectivity index (χ4v) is 3.40. The number of nitrogens with one attached hydrogen (secondary N) is 3. The highest BCUT2D eigenvalue weighted by atomic mass is 35.5. The van der Waals surface area contributed by atoms with Crippen molar-refractivity contribution in [3.63, 3.8) is 0 Å². The highest BCUT2D eigenvalue weighted by molar-refractivity contribution is 6.32. The van der Waals surface area contributed by atoms with Crippen LogP contribution in [0.3, 0.4) is 0 Å². The Balaban J connectivity index is 1.69. The number of hydrogen-bond donors (Lipinski definition) is 3. The number of hydrogen-bond acceptors (Lipinski definition) is 6. The molecule has 0 aromatic carbocycles. The van der Waals surface area contributed by atoms with Gasteiger partial charge in [-0.3, -0.25) is 0 Å². The van der Waals surface area contributed by atoms with Crippen LogP contribution in [0.2, 0.25) is 0 Å². The van der Waals surface area contributed by atoms with Crippen LogP contribution in [0.4, 0.5) is 14.6 Å². The van der Waals surface area contributed by atoms with Gasteiger partial charge in [-0.15, -0.1) is 0 Å². The molecule has 6 nitrogen and oxygen atoms in total. The lowest BCUT2D eigenvalue weighted by Gasteiger charge is -2.48. The van der Waals surface area contributed by atoms with Crippen molar-refractivity contribution in [2.75, 3.05) is 18.4 Å². The summed E-state index contributed by atoms with van der Waals surface area (Å²) in [7, 11) is 0. The molecule has 9 heteroatoms. The van der Waals surface area contributed by atoms with Gasteiger partial charge in [-0.1, -0.05) is 11.6 Å². The van der Waals surface area contributed by atoms with E-state index in [-0.39, 0.29) is 19.5 Å². The number of piperidine rings is 1. The van der Waals surface area contributed by atoms with Gasteiger partial charge >= 0.3 is 0 Å². The van der Waals surface area contributed by atoms with Crippen molar-refractivity contribution in [3.05, 3.63) is 53.5 Å². The van der Waals surface area contributed by atoms with E-state index in [1.807, 2.05) is 0 Å². The Labute approximate surface area is 142 Å². The third-order valence-corrected chi connectivity index (χ3v) is 4.67. The number of nitrogens with zero attached hydrogens (tertiary/aromatic N) is 3. The summed E-state index contributed by atoms with van der Waals surface area (Å²) in [6.07, 6.45) is 7.59. The maximum atomic E-state index is 14.7. The van der Waals surface area contributed by atoms with Crippen molar-refractivity contribution in [3.8, 4) is 0 Å². The van der Waals surface area contributed by atoms with E-state index >= 15 is 0 Å². The molecule has 1 unspecified atom stereocenters. The van der Waals surface area contributed by atoms with E-state index in [1.54, 1.807) is 24.5 Å². The van der Waals surface area contributed by atoms with Gasteiger partial charge in [0.2, 0.25) is 0 Å². The molecular formula is C15H15ClF2N6. The fourth-order valence-electron chi connectivity index (χ4n) is 3.13. The van der Waals surface area contributed by atoms with E-state index in [9.17, 15) is 8.78 Å². The molecule has 1 fully saturated rings. The number of anilines is 1. The maximum absolute atomic E-state index is 14.7. The Kier molecular flexibility index (Phi) is 3.47. The van der Waals surface area contributed by atoms with Crippen LogP contribution < -0.4 is 16.0 Å². The zero-order valence-electron chi connectivity index (χ0n) is 12.6. The van der Waals surface area contributed by atoms with Crippen molar-refractivity contribution in [2.45, 2.75) is 18.0 Å². The monoisotopic (exact) mass is 352 g/mol. The van der Waals surface area contributed by atoms with E-state index in [0.29, 0.717) is 22.2 Å². The predicted molar refractivity (Wildman–Crippen MR) is 85.9 cm³/mol. The molecule has 0 radical (unpaired) electrons. The molecular weight excluding hydrogens is 338 g/mol. The molecule has 1 aromatic rings. The molecule has 1 saturated heterocycles. The van der Waals surface area contributed by atoms with Gasteiger partial charge in [0.1, 0.15) is 12.1 Å². The van der Waals surface area contributed by atoms with Gasteiger partial charge in [-0.2, -0.15) is 0 Å². The number of fused-ring (bicyclic) bond motifs is 2. The summed E-state index contributed by atoms with van der Waals surface area (Å²) in [4.78, 5) is 9.42. The minimum Gasteiger partial charge on any atom is -0.361 e. The topological polar surface area (TPSA) is 65.1 Å². The summed E-state index contributed by atoms with van der Waals surface area (Å²) in [6.45, 7) is 0.375. The SMILES string of the molecule is FC1(F)CCNCC12NC=C1C(Cl)=CC(Nc3ccncn3)=CN12. The molecule has 3 aliphatic rings. The largest absolute Gasteiger partial charge is 0.361 e. The lowest BCUT2D eigenvalue weighted by atomic mass is 9.93. The first-order chi connectivity index (χ1) is 11.5. The van der Waals surface area contributed by atoms with Gasteiger partial charge in [0, 0.05) is 38.1 Å². The lowest BCUT2D eigenvalue weighted by Crippen LogP contribution is -2.71. The summed E-state index contributed by atoms with van der Waals surface area (Å²) >= 11 is 6.31. The molecule has 0 aliphatic carbocycles. The van der Waals surface area contributed by atoms with E-state index < -0.39 is 11.6 Å². The van der Waals surface area contributed by atoms with E-state index in [1.165, 1.54) is 17.4 Å². The van der Waals surface area contributed by atoms with Gasteiger partial charge in [-0.05, 0) is 12.1 Å². The van der Waals surface area contributed by atoms with E-state index in [2.05, 4.69) is 25.9 Å². The minimum absolute atomic E-state index is 0.0987. The standard InChI is InChI=1S/C15H15ClF2N6/c16-11-5-10(23-13-1-3-20-9-21-13)7-24-12(11)6-22-15(24)8-19-4-2-14(15,17)18/h1,3,5-7,9,19,22H,2,4,8H2,(H,20,21,23). The van der Waals surface area contributed by atoms with Gasteiger partial charge in [0.25, 0.3) is 5.92 Å². The lowest BCUT2D eigenvalue weighted by molar-refractivity contribution is -0.144. The van der Waals surface area contributed by atoms with Crippen LogP contribution in [0.1, 0.15) is 6.42 Å². The van der Waals surface area contributed by atoms with Crippen LogP contribution in [0.25, 0.3) is 0 Å².